The molecule has 25 heavy (non-hydrogen) atoms. The number of aryl methyl sites for hydroxylation is 1. The Morgan fingerprint density at radius 1 is 1.16 bits per heavy atom. The van der Waals surface area contributed by atoms with Crippen molar-refractivity contribution in [3.05, 3.63) is 42.5 Å². The number of aromatic nitrogens is 4. The highest BCUT2D eigenvalue weighted by atomic mass is 19.1. The first-order valence-corrected chi connectivity index (χ1v) is 8.27. The number of anilines is 2. The molecule has 1 aliphatic rings. The Kier molecular flexibility index (Phi) is 4.09. The highest BCUT2D eigenvalue weighted by Gasteiger charge is 2.23. The maximum Gasteiger partial charge on any atom is 0.315 e. The molecule has 0 aliphatic carbocycles. The van der Waals surface area contributed by atoms with Crippen LogP contribution in [0.4, 0.5) is 16.4 Å². The van der Waals surface area contributed by atoms with Crippen LogP contribution in [0.5, 0.6) is 0 Å². The van der Waals surface area contributed by atoms with Gasteiger partial charge in [0.2, 0.25) is 11.8 Å². The number of rotatable bonds is 4. The third-order valence-electron chi connectivity index (χ3n) is 4.42. The zero-order chi connectivity index (χ0) is 17.2. The molecule has 1 aliphatic heterocycles. The molecule has 0 unspecified atom stereocenters. The van der Waals surface area contributed by atoms with Crippen LogP contribution in [-0.4, -0.2) is 38.9 Å². The smallest absolute Gasteiger partial charge is 0.315 e. The SMILES string of the molecule is Cn1ccnc1N1CCC(Nc2nnc(-c3ccc(F)cc3)o2)CC1. The van der Waals surface area contributed by atoms with E-state index in [9.17, 15) is 4.39 Å². The Balaban J connectivity index is 1.36. The molecule has 0 atom stereocenters. The molecular formula is C17H19FN6O. The summed E-state index contributed by atoms with van der Waals surface area (Å²) in [6.45, 7) is 1.84. The normalized spacial score (nSPS) is 15.5. The van der Waals surface area contributed by atoms with Gasteiger partial charge in [-0.25, -0.2) is 9.37 Å². The summed E-state index contributed by atoms with van der Waals surface area (Å²) in [6, 6.07) is 6.67. The minimum Gasteiger partial charge on any atom is -0.403 e. The fraction of sp³-hybridized carbons (Fsp3) is 0.353. The fourth-order valence-corrected chi connectivity index (χ4v) is 3.05. The summed E-state index contributed by atoms with van der Waals surface area (Å²) >= 11 is 0. The molecule has 0 bridgehead atoms. The van der Waals surface area contributed by atoms with Gasteiger partial charge in [-0.15, -0.1) is 5.10 Å². The maximum absolute atomic E-state index is 13.0. The van der Waals surface area contributed by atoms with E-state index in [1.165, 1.54) is 12.1 Å². The van der Waals surface area contributed by atoms with E-state index >= 15 is 0 Å². The van der Waals surface area contributed by atoms with Crippen molar-refractivity contribution in [2.24, 2.45) is 7.05 Å². The van der Waals surface area contributed by atoms with E-state index in [2.05, 4.69) is 25.4 Å². The molecule has 0 amide bonds. The second-order valence-electron chi connectivity index (χ2n) is 6.16. The average Bonchev–Trinajstić information content (AvgIpc) is 3.26. The minimum atomic E-state index is -0.291. The van der Waals surface area contributed by atoms with Crippen LogP contribution < -0.4 is 10.2 Å². The minimum absolute atomic E-state index is 0.276. The molecule has 8 heteroatoms. The van der Waals surface area contributed by atoms with Crippen molar-refractivity contribution in [2.45, 2.75) is 18.9 Å². The van der Waals surface area contributed by atoms with Crippen molar-refractivity contribution < 1.29 is 8.81 Å². The lowest BCUT2D eigenvalue weighted by Gasteiger charge is -2.32. The van der Waals surface area contributed by atoms with Gasteiger partial charge >= 0.3 is 6.01 Å². The Labute approximate surface area is 144 Å². The Bertz CT molecular complexity index is 835. The molecule has 0 saturated carbocycles. The van der Waals surface area contributed by atoms with Crippen LogP contribution in [0.1, 0.15) is 12.8 Å². The number of hydrogen-bond acceptors (Lipinski definition) is 6. The van der Waals surface area contributed by atoms with Gasteiger partial charge in [-0.2, -0.15) is 0 Å². The highest BCUT2D eigenvalue weighted by molar-refractivity contribution is 5.53. The number of nitrogens with zero attached hydrogens (tertiary/aromatic N) is 5. The van der Waals surface area contributed by atoms with E-state index < -0.39 is 0 Å². The van der Waals surface area contributed by atoms with E-state index in [1.54, 1.807) is 12.1 Å². The van der Waals surface area contributed by atoms with E-state index in [0.717, 1.165) is 31.9 Å². The first-order valence-electron chi connectivity index (χ1n) is 8.27. The van der Waals surface area contributed by atoms with Gasteiger partial charge in [0.25, 0.3) is 0 Å². The van der Waals surface area contributed by atoms with Crippen molar-refractivity contribution in [1.82, 2.24) is 19.7 Å². The molecule has 1 saturated heterocycles. The van der Waals surface area contributed by atoms with Gasteiger partial charge in [0.1, 0.15) is 5.82 Å². The predicted octanol–water partition coefficient (Wildman–Crippen LogP) is 2.69. The van der Waals surface area contributed by atoms with Crippen molar-refractivity contribution in [1.29, 1.82) is 0 Å². The Morgan fingerprint density at radius 2 is 1.92 bits per heavy atom. The number of halogens is 1. The van der Waals surface area contributed by atoms with Crippen LogP contribution in [0.2, 0.25) is 0 Å². The average molecular weight is 342 g/mol. The van der Waals surface area contributed by atoms with Gasteiger partial charge in [0.15, 0.2) is 0 Å². The monoisotopic (exact) mass is 342 g/mol. The molecule has 1 fully saturated rings. The lowest BCUT2D eigenvalue weighted by molar-refractivity contribution is 0.493. The number of nitrogens with one attached hydrogen (secondary N) is 1. The first-order chi connectivity index (χ1) is 12.2. The van der Waals surface area contributed by atoms with Crippen LogP contribution in [0.15, 0.2) is 41.1 Å². The van der Waals surface area contributed by atoms with E-state index in [4.69, 9.17) is 4.42 Å². The van der Waals surface area contributed by atoms with Crippen molar-refractivity contribution in [3.8, 4) is 11.5 Å². The number of hydrogen-bond donors (Lipinski definition) is 1. The van der Waals surface area contributed by atoms with Crippen LogP contribution in [-0.2, 0) is 7.05 Å². The highest BCUT2D eigenvalue weighted by Crippen LogP contribution is 2.23. The second-order valence-corrected chi connectivity index (χ2v) is 6.16. The number of benzene rings is 1. The number of piperidine rings is 1. The van der Waals surface area contributed by atoms with Crippen molar-refractivity contribution in [2.75, 3.05) is 23.3 Å². The summed E-state index contributed by atoms with van der Waals surface area (Å²) in [5.74, 6) is 1.09. The van der Waals surface area contributed by atoms with E-state index in [0.29, 0.717) is 17.5 Å². The summed E-state index contributed by atoms with van der Waals surface area (Å²) < 4.78 is 20.7. The molecular weight excluding hydrogens is 323 g/mol. The van der Waals surface area contributed by atoms with Crippen LogP contribution in [0.3, 0.4) is 0 Å². The molecule has 3 aromatic rings. The predicted molar refractivity (Wildman–Crippen MR) is 91.8 cm³/mol. The lowest BCUT2D eigenvalue weighted by atomic mass is 10.1. The van der Waals surface area contributed by atoms with Gasteiger partial charge < -0.3 is 19.2 Å². The van der Waals surface area contributed by atoms with Crippen molar-refractivity contribution >= 4 is 12.0 Å². The molecule has 3 heterocycles. The zero-order valence-electron chi connectivity index (χ0n) is 13.9. The summed E-state index contributed by atoms with van der Waals surface area (Å²) in [5.41, 5.74) is 0.701. The van der Waals surface area contributed by atoms with Crippen molar-refractivity contribution in [3.63, 3.8) is 0 Å². The van der Waals surface area contributed by atoms with Gasteiger partial charge in [-0.1, -0.05) is 5.10 Å². The Hall–Kier alpha value is -2.90. The lowest BCUT2D eigenvalue weighted by Crippen LogP contribution is -2.40. The third-order valence-corrected chi connectivity index (χ3v) is 4.42. The Morgan fingerprint density at radius 3 is 2.60 bits per heavy atom. The van der Waals surface area contributed by atoms with Gasteiger partial charge in [0, 0.05) is 44.1 Å². The largest absolute Gasteiger partial charge is 0.403 e. The molecule has 0 radical (unpaired) electrons. The van der Waals surface area contributed by atoms with E-state index in [-0.39, 0.29) is 11.9 Å². The molecule has 4 rings (SSSR count). The molecule has 0 spiro atoms. The summed E-state index contributed by atoms with van der Waals surface area (Å²) in [7, 11) is 2.00. The van der Waals surface area contributed by atoms with Gasteiger partial charge in [0.05, 0.1) is 0 Å². The van der Waals surface area contributed by atoms with Gasteiger partial charge in [-0.05, 0) is 37.1 Å². The third kappa shape index (κ3) is 3.33. The van der Waals surface area contributed by atoms with Crippen LogP contribution in [0, 0.1) is 5.82 Å². The second kappa shape index (κ2) is 6.54. The standard InChI is InChI=1S/C17H19FN6O/c1-23-11-8-19-17(23)24-9-6-14(7-10-24)20-16-22-21-15(25-16)12-2-4-13(18)5-3-12/h2-5,8,11,14H,6-7,9-10H2,1H3,(H,20,22). The number of imidazole rings is 1. The van der Waals surface area contributed by atoms with Crippen LogP contribution >= 0.6 is 0 Å². The summed E-state index contributed by atoms with van der Waals surface area (Å²) in [6.07, 6.45) is 5.69. The summed E-state index contributed by atoms with van der Waals surface area (Å²) in [4.78, 5) is 6.67. The maximum atomic E-state index is 13.0. The molecule has 2 aromatic heterocycles. The topological polar surface area (TPSA) is 72.0 Å². The quantitative estimate of drug-likeness (QED) is 0.786. The first kappa shape index (κ1) is 15.6. The van der Waals surface area contributed by atoms with Crippen LogP contribution in [0.25, 0.3) is 11.5 Å². The molecule has 1 N–H and O–H groups in total. The summed E-state index contributed by atoms with van der Waals surface area (Å²) in [5, 5.41) is 11.4. The molecule has 130 valence electrons. The van der Waals surface area contributed by atoms with Gasteiger partial charge in [-0.3, -0.25) is 0 Å². The fourth-order valence-electron chi connectivity index (χ4n) is 3.05. The molecule has 7 nitrogen and oxygen atoms in total. The van der Waals surface area contributed by atoms with E-state index in [1.807, 2.05) is 24.0 Å². The molecule has 1 aromatic carbocycles. The zero-order valence-corrected chi connectivity index (χ0v) is 13.9.